The maximum absolute atomic E-state index is 12.8. The van der Waals surface area contributed by atoms with E-state index >= 15 is 0 Å². The van der Waals surface area contributed by atoms with Gasteiger partial charge < -0.3 is 14.2 Å². The van der Waals surface area contributed by atoms with Gasteiger partial charge in [-0.15, -0.1) is 0 Å². The lowest BCUT2D eigenvalue weighted by atomic mass is 10.0. The molecule has 0 aliphatic rings. The lowest BCUT2D eigenvalue weighted by molar-refractivity contribution is -0.167. The van der Waals surface area contributed by atoms with Crippen LogP contribution in [0.1, 0.15) is 233 Å². The van der Waals surface area contributed by atoms with E-state index in [1.807, 2.05) is 0 Å². The van der Waals surface area contributed by atoms with E-state index in [-0.39, 0.29) is 37.5 Å². The summed E-state index contributed by atoms with van der Waals surface area (Å²) < 4.78 is 16.7. The summed E-state index contributed by atoms with van der Waals surface area (Å²) in [7, 11) is 0. The van der Waals surface area contributed by atoms with Gasteiger partial charge in [-0.05, 0) is 70.6 Å². The fourth-order valence-electron chi connectivity index (χ4n) is 6.76. The van der Waals surface area contributed by atoms with E-state index in [2.05, 4.69) is 93.7 Å². The van der Waals surface area contributed by atoms with Crippen LogP contribution < -0.4 is 0 Å². The fraction of sp³-hybridized carbons (Fsp3) is 0.722. The van der Waals surface area contributed by atoms with Gasteiger partial charge in [-0.3, -0.25) is 14.4 Å². The maximum atomic E-state index is 12.8. The second-order valence-electron chi connectivity index (χ2n) is 16.4. The number of ether oxygens (including phenoxy) is 3. The number of hydrogen-bond donors (Lipinski definition) is 0. The van der Waals surface area contributed by atoms with Crippen molar-refractivity contribution in [3.8, 4) is 0 Å². The van der Waals surface area contributed by atoms with Crippen molar-refractivity contribution in [1.82, 2.24) is 0 Å². The Hall–Kier alpha value is -3.15. The summed E-state index contributed by atoms with van der Waals surface area (Å²) in [6.45, 7) is 6.43. The van der Waals surface area contributed by atoms with Crippen LogP contribution in [-0.4, -0.2) is 37.2 Å². The molecule has 0 saturated carbocycles. The third-order valence-corrected chi connectivity index (χ3v) is 10.5. The van der Waals surface area contributed by atoms with Crippen molar-refractivity contribution in [1.29, 1.82) is 0 Å². The highest BCUT2D eigenvalue weighted by atomic mass is 16.6. The van der Waals surface area contributed by atoms with Crippen molar-refractivity contribution in [2.75, 3.05) is 13.2 Å². The van der Waals surface area contributed by atoms with Gasteiger partial charge in [-0.1, -0.05) is 216 Å². The molecule has 6 heteroatoms. The van der Waals surface area contributed by atoms with Crippen molar-refractivity contribution >= 4 is 17.9 Å². The summed E-state index contributed by atoms with van der Waals surface area (Å²) in [4.78, 5) is 37.8. The van der Waals surface area contributed by atoms with Crippen LogP contribution in [0, 0.1) is 0 Å². The number of esters is 3. The summed E-state index contributed by atoms with van der Waals surface area (Å²) in [6.07, 6.45) is 60.3. The molecule has 0 aromatic carbocycles. The summed E-state index contributed by atoms with van der Waals surface area (Å²) in [6, 6.07) is 0. The molecule has 0 radical (unpaired) electrons. The minimum Gasteiger partial charge on any atom is -0.462 e. The van der Waals surface area contributed by atoms with Gasteiger partial charge in [-0.2, -0.15) is 0 Å². The number of hydrogen-bond acceptors (Lipinski definition) is 6. The van der Waals surface area contributed by atoms with Crippen LogP contribution in [0.2, 0.25) is 0 Å². The van der Waals surface area contributed by atoms with E-state index in [0.717, 1.165) is 89.9 Å². The predicted octanol–water partition coefficient (Wildman–Crippen LogP) is 16.3. The highest BCUT2D eigenvalue weighted by Gasteiger charge is 2.19. The molecule has 0 aliphatic heterocycles. The number of allylic oxidation sites excluding steroid dienone is 12. The Kier molecular flexibility index (Phi) is 46.0. The average molecular weight is 837 g/mol. The Labute approximate surface area is 370 Å². The molecule has 6 nitrogen and oxygen atoms in total. The van der Waals surface area contributed by atoms with Crippen LogP contribution >= 0.6 is 0 Å². The maximum Gasteiger partial charge on any atom is 0.306 e. The first-order chi connectivity index (χ1) is 29.5. The standard InChI is InChI=1S/C54H92O6/c1-4-7-10-13-16-19-22-24-25-26-27-28-30-32-35-38-41-44-47-53(56)59-50-51(49-58-52(55)46-43-40-37-34-31-21-18-15-12-9-6-3)60-54(57)48-45-42-39-36-33-29-23-20-17-14-11-8-5-2/h9,12,18,21-22,24-28,34,37,51H,4-8,10-11,13-17,19-20,23,29-33,35-36,38-50H2,1-3H3/b12-9-,21-18-,24-22-,26-25-,28-27-,37-34-. The molecular formula is C54H92O6. The van der Waals surface area contributed by atoms with Gasteiger partial charge in [0.1, 0.15) is 13.2 Å². The normalized spacial score (nSPS) is 12.7. The van der Waals surface area contributed by atoms with Crippen LogP contribution in [0.15, 0.2) is 72.9 Å². The zero-order chi connectivity index (χ0) is 43.7. The quantitative estimate of drug-likeness (QED) is 0.0200. The minimum absolute atomic E-state index is 0.101. The monoisotopic (exact) mass is 837 g/mol. The van der Waals surface area contributed by atoms with Crippen LogP contribution in [0.3, 0.4) is 0 Å². The Bertz CT molecular complexity index is 1140. The third-order valence-electron chi connectivity index (χ3n) is 10.5. The molecule has 0 heterocycles. The van der Waals surface area contributed by atoms with E-state index in [0.29, 0.717) is 19.3 Å². The first kappa shape index (κ1) is 56.9. The van der Waals surface area contributed by atoms with E-state index in [4.69, 9.17) is 14.2 Å². The number of carbonyl (C=O) groups excluding carboxylic acids is 3. The van der Waals surface area contributed by atoms with E-state index < -0.39 is 6.10 Å². The van der Waals surface area contributed by atoms with E-state index in [9.17, 15) is 14.4 Å². The number of carbonyl (C=O) groups is 3. The number of rotatable bonds is 44. The molecule has 0 spiro atoms. The smallest absolute Gasteiger partial charge is 0.306 e. The lowest BCUT2D eigenvalue weighted by Crippen LogP contribution is -2.30. The SMILES string of the molecule is CC/C=C\C/C=C\C/C=C\CCCC(=O)OCC(COC(=O)CCCCCCC\C=C/C=C\C=C/CCCCCCC)OC(=O)CCCCCCCCCCCCCCC. The number of unbranched alkanes of at least 4 members (excludes halogenated alkanes) is 23. The highest BCUT2D eigenvalue weighted by Crippen LogP contribution is 2.14. The molecular weight excluding hydrogens is 745 g/mol. The predicted molar refractivity (Wildman–Crippen MR) is 256 cm³/mol. The first-order valence-electron chi connectivity index (χ1n) is 25.0. The largest absolute Gasteiger partial charge is 0.462 e. The molecule has 0 aromatic rings. The van der Waals surface area contributed by atoms with Gasteiger partial charge in [-0.25, -0.2) is 0 Å². The fourth-order valence-corrected chi connectivity index (χ4v) is 6.76. The second kappa shape index (κ2) is 48.5. The molecule has 1 unspecified atom stereocenters. The molecule has 0 N–H and O–H groups in total. The molecule has 344 valence electrons. The van der Waals surface area contributed by atoms with Crippen molar-refractivity contribution in [3.63, 3.8) is 0 Å². The van der Waals surface area contributed by atoms with Gasteiger partial charge in [0.25, 0.3) is 0 Å². The topological polar surface area (TPSA) is 78.9 Å². The van der Waals surface area contributed by atoms with Gasteiger partial charge in [0, 0.05) is 19.3 Å². The van der Waals surface area contributed by atoms with E-state index in [1.165, 1.54) is 96.3 Å². The third kappa shape index (κ3) is 45.9. The zero-order valence-electron chi connectivity index (χ0n) is 39.2. The van der Waals surface area contributed by atoms with Crippen LogP contribution in [-0.2, 0) is 28.6 Å². The summed E-state index contributed by atoms with van der Waals surface area (Å²) in [5, 5.41) is 0. The summed E-state index contributed by atoms with van der Waals surface area (Å²) in [5.74, 6) is -0.974. The zero-order valence-corrected chi connectivity index (χ0v) is 39.2. The molecule has 1 atom stereocenters. The summed E-state index contributed by atoms with van der Waals surface area (Å²) >= 11 is 0. The molecule has 0 rings (SSSR count). The Morgan fingerprint density at radius 2 is 0.733 bits per heavy atom. The van der Waals surface area contributed by atoms with Crippen LogP contribution in [0.4, 0.5) is 0 Å². The Morgan fingerprint density at radius 3 is 1.20 bits per heavy atom. The first-order valence-corrected chi connectivity index (χ1v) is 25.0. The lowest BCUT2D eigenvalue weighted by Gasteiger charge is -2.18. The summed E-state index contributed by atoms with van der Waals surface area (Å²) in [5.41, 5.74) is 0. The highest BCUT2D eigenvalue weighted by molar-refractivity contribution is 5.71. The molecule has 0 amide bonds. The van der Waals surface area contributed by atoms with Crippen molar-refractivity contribution in [2.45, 2.75) is 239 Å². The van der Waals surface area contributed by atoms with Gasteiger partial charge in [0.15, 0.2) is 6.10 Å². The van der Waals surface area contributed by atoms with Crippen LogP contribution in [0.25, 0.3) is 0 Å². The molecule has 0 saturated heterocycles. The van der Waals surface area contributed by atoms with Crippen molar-refractivity contribution in [2.24, 2.45) is 0 Å². The van der Waals surface area contributed by atoms with Gasteiger partial charge >= 0.3 is 17.9 Å². The van der Waals surface area contributed by atoms with Gasteiger partial charge in [0.2, 0.25) is 0 Å². The van der Waals surface area contributed by atoms with Crippen LogP contribution in [0.5, 0.6) is 0 Å². The Morgan fingerprint density at radius 1 is 0.367 bits per heavy atom. The molecule has 60 heavy (non-hydrogen) atoms. The second-order valence-corrected chi connectivity index (χ2v) is 16.4. The van der Waals surface area contributed by atoms with Gasteiger partial charge in [0.05, 0.1) is 0 Å². The average Bonchev–Trinajstić information content (AvgIpc) is 3.24. The molecule has 0 aromatic heterocycles. The van der Waals surface area contributed by atoms with E-state index in [1.54, 1.807) is 0 Å². The molecule has 0 aliphatic carbocycles. The minimum atomic E-state index is -0.800. The van der Waals surface area contributed by atoms with Crippen molar-refractivity contribution < 1.29 is 28.6 Å². The van der Waals surface area contributed by atoms with Crippen molar-refractivity contribution in [3.05, 3.63) is 72.9 Å². The molecule has 0 fully saturated rings. The molecule has 0 bridgehead atoms. The Balaban J connectivity index is 4.44.